The van der Waals surface area contributed by atoms with Crippen LogP contribution in [0.3, 0.4) is 0 Å². The number of nitrogens with two attached hydrogens (primary N) is 1. The Hall–Kier alpha value is -0.840. The van der Waals surface area contributed by atoms with Gasteiger partial charge < -0.3 is 10.4 Å². The molecule has 0 bridgehead atoms. The first-order chi connectivity index (χ1) is 3.72. The topological polar surface area (TPSA) is 48.8 Å². The first-order valence-electron chi connectivity index (χ1n) is 2.07. The summed E-state index contributed by atoms with van der Waals surface area (Å²) in [6, 6.07) is 0. The Morgan fingerprint density at radius 3 is 2.62 bits per heavy atom. The van der Waals surface area contributed by atoms with Gasteiger partial charge in [0.05, 0.1) is 0 Å². The van der Waals surface area contributed by atoms with E-state index in [1.807, 2.05) is 0 Å². The van der Waals surface area contributed by atoms with Crippen LogP contribution >= 0.6 is 12.2 Å². The molecule has 0 amide bonds. The smallest absolute Gasteiger partial charge is 0.218 e. The van der Waals surface area contributed by atoms with E-state index in [1.165, 1.54) is 0 Å². The average Bonchev–Trinajstić information content (AvgIpc) is 1.98. The van der Waals surface area contributed by atoms with Gasteiger partial charge in [-0.3, -0.25) is 0 Å². The Balaban J connectivity index is 3.42. The lowest BCUT2D eigenvalue weighted by atomic mass is 11.1. The summed E-state index contributed by atoms with van der Waals surface area (Å²) in [5.74, 6) is 5.22. The van der Waals surface area contributed by atoms with Crippen molar-refractivity contribution in [3.8, 4) is 0 Å². The van der Waals surface area contributed by atoms with Crippen molar-refractivity contribution in [1.82, 2.24) is 14.5 Å². The highest BCUT2D eigenvalue weighted by Crippen LogP contribution is 1.80. The summed E-state index contributed by atoms with van der Waals surface area (Å²) in [7, 11) is 1.79. The second-order valence-electron chi connectivity index (χ2n) is 1.47. The zero-order valence-corrected chi connectivity index (χ0v) is 5.22. The minimum absolute atomic E-state index is 0.519. The molecule has 8 heavy (non-hydrogen) atoms. The van der Waals surface area contributed by atoms with Crippen LogP contribution in [0.25, 0.3) is 0 Å². The van der Waals surface area contributed by atoms with E-state index >= 15 is 0 Å². The third-order valence-electron chi connectivity index (χ3n) is 0.847. The lowest BCUT2D eigenvalue weighted by Gasteiger charge is -1.83. The number of aryl methyl sites for hydroxylation is 1. The summed E-state index contributed by atoms with van der Waals surface area (Å²) in [4.78, 5) is 1.15. The van der Waals surface area contributed by atoms with Gasteiger partial charge in [-0.25, -0.2) is 0 Å². The molecule has 0 aliphatic rings. The highest BCUT2D eigenvalue weighted by atomic mass is 32.1. The van der Waals surface area contributed by atoms with Gasteiger partial charge in [0.2, 0.25) is 4.77 Å². The van der Waals surface area contributed by atoms with Crippen LogP contribution < -0.4 is 5.84 Å². The lowest BCUT2D eigenvalue weighted by Crippen LogP contribution is -2.10. The molecule has 0 saturated carbocycles. The summed E-state index contributed by atoms with van der Waals surface area (Å²) < 4.78 is 2.18. The fourth-order valence-electron chi connectivity index (χ4n) is 0.393. The number of rotatable bonds is 0. The van der Waals surface area contributed by atoms with E-state index in [1.54, 1.807) is 17.9 Å². The third kappa shape index (κ3) is 0.604. The van der Waals surface area contributed by atoms with E-state index in [0.29, 0.717) is 4.77 Å². The maximum absolute atomic E-state index is 5.22. The Bertz CT molecular complexity index is 211. The Morgan fingerprint density at radius 2 is 2.50 bits per heavy atom. The fraction of sp³-hybridized carbons (Fsp3) is 0.333. The minimum atomic E-state index is 0.519. The van der Waals surface area contributed by atoms with Gasteiger partial charge in [0.25, 0.3) is 0 Å². The summed E-state index contributed by atoms with van der Waals surface area (Å²) in [5.41, 5.74) is 0. The predicted molar refractivity (Wildman–Crippen MR) is 32.2 cm³/mol. The third-order valence-corrected chi connectivity index (χ3v) is 1.32. The van der Waals surface area contributed by atoms with Crippen LogP contribution in [0.15, 0.2) is 6.33 Å². The summed E-state index contributed by atoms with van der Waals surface area (Å²) >= 11 is 4.77. The normalized spacial score (nSPS) is 9.62. The monoisotopic (exact) mass is 130 g/mol. The predicted octanol–water partition coefficient (Wildman–Crippen LogP) is -0.335. The van der Waals surface area contributed by atoms with Crippen molar-refractivity contribution in [1.29, 1.82) is 0 Å². The number of hydrogen-bond donors (Lipinski definition) is 1. The molecule has 0 radical (unpaired) electrons. The second kappa shape index (κ2) is 1.59. The van der Waals surface area contributed by atoms with Crippen molar-refractivity contribution in [2.45, 2.75) is 0 Å². The van der Waals surface area contributed by atoms with E-state index in [4.69, 9.17) is 18.1 Å². The molecule has 0 atom stereocenters. The molecule has 0 aliphatic carbocycles. The Kier molecular flexibility index (Phi) is 1.05. The summed E-state index contributed by atoms with van der Waals surface area (Å²) in [6.07, 6.45) is 1.56. The van der Waals surface area contributed by atoms with Crippen molar-refractivity contribution in [2.75, 3.05) is 5.84 Å². The van der Waals surface area contributed by atoms with Gasteiger partial charge in [-0.05, 0) is 12.2 Å². The molecular formula is C3H6N4S. The highest BCUT2D eigenvalue weighted by Gasteiger charge is 1.87. The maximum Gasteiger partial charge on any atom is 0.218 e. The van der Waals surface area contributed by atoms with Crippen LogP contribution in [-0.2, 0) is 7.05 Å². The number of hydrogen-bond acceptors (Lipinski definition) is 3. The van der Waals surface area contributed by atoms with Crippen molar-refractivity contribution < 1.29 is 0 Å². The molecule has 44 valence electrons. The van der Waals surface area contributed by atoms with Gasteiger partial charge in [-0.15, -0.1) is 5.10 Å². The van der Waals surface area contributed by atoms with E-state index in [0.717, 1.165) is 4.79 Å². The molecule has 4 nitrogen and oxygen atoms in total. The van der Waals surface area contributed by atoms with Crippen LogP contribution in [0, 0.1) is 4.77 Å². The molecule has 0 fully saturated rings. The van der Waals surface area contributed by atoms with Crippen molar-refractivity contribution in [2.24, 2.45) is 7.05 Å². The van der Waals surface area contributed by atoms with Crippen LogP contribution in [0.5, 0.6) is 0 Å². The average molecular weight is 130 g/mol. The molecular weight excluding hydrogens is 124 g/mol. The Morgan fingerprint density at radius 1 is 1.88 bits per heavy atom. The van der Waals surface area contributed by atoms with E-state index in [-0.39, 0.29) is 0 Å². The van der Waals surface area contributed by atoms with E-state index < -0.39 is 0 Å². The molecule has 1 aromatic rings. The zero-order chi connectivity index (χ0) is 6.15. The quantitative estimate of drug-likeness (QED) is 0.386. The Labute approximate surface area is 51.5 Å². The van der Waals surface area contributed by atoms with Crippen molar-refractivity contribution >= 4 is 12.2 Å². The number of nitrogen functional groups attached to an aromatic ring is 1. The molecule has 0 unspecified atom stereocenters. The van der Waals surface area contributed by atoms with Crippen LogP contribution in [0.1, 0.15) is 0 Å². The lowest BCUT2D eigenvalue weighted by molar-refractivity contribution is 0.798. The molecule has 0 spiro atoms. The van der Waals surface area contributed by atoms with Gasteiger partial charge in [0.15, 0.2) is 0 Å². The van der Waals surface area contributed by atoms with Gasteiger partial charge in [-0.1, -0.05) is 0 Å². The maximum atomic E-state index is 5.22. The largest absolute Gasteiger partial charge is 0.320 e. The molecule has 0 aliphatic heterocycles. The molecule has 1 heterocycles. The van der Waals surface area contributed by atoms with Crippen molar-refractivity contribution in [3.63, 3.8) is 0 Å². The van der Waals surface area contributed by atoms with Gasteiger partial charge in [0, 0.05) is 7.05 Å². The van der Waals surface area contributed by atoms with Crippen LogP contribution in [-0.4, -0.2) is 14.5 Å². The minimum Gasteiger partial charge on any atom is -0.320 e. The summed E-state index contributed by atoms with van der Waals surface area (Å²) in [5, 5.41) is 3.67. The number of nitrogens with zero attached hydrogens (tertiary/aromatic N) is 3. The molecule has 0 aromatic carbocycles. The van der Waals surface area contributed by atoms with Crippen LogP contribution in [0.2, 0.25) is 0 Å². The summed E-state index contributed by atoms with van der Waals surface area (Å²) in [6.45, 7) is 0. The molecule has 0 saturated heterocycles. The van der Waals surface area contributed by atoms with E-state index in [2.05, 4.69) is 5.10 Å². The standard InChI is InChI=1S/C3H6N4S/c1-6-2-5-7(4)3(6)8/h2H,4H2,1H3. The van der Waals surface area contributed by atoms with Crippen molar-refractivity contribution in [3.05, 3.63) is 11.1 Å². The second-order valence-corrected chi connectivity index (χ2v) is 1.83. The molecule has 2 N–H and O–H groups in total. The molecule has 5 heteroatoms. The molecule has 1 rings (SSSR count). The highest BCUT2D eigenvalue weighted by molar-refractivity contribution is 7.71. The first-order valence-corrected chi connectivity index (χ1v) is 2.48. The van der Waals surface area contributed by atoms with Crippen LogP contribution in [0.4, 0.5) is 0 Å². The fourth-order valence-corrected chi connectivity index (χ4v) is 0.488. The molecule has 1 aromatic heterocycles. The van der Waals surface area contributed by atoms with E-state index in [9.17, 15) is 0 Å². The van der Waals surface area contributed by atoms with Gasteiger partial charge in [0.1, 0.15) is 6.33 Å². The zero-order valence-electron chi connectivity index (χ0n) is 4.40. The number of aromatic nitrogens is 3. The van der Waals surface area contributed by atoms with Gasteiger partial charge >= 0.3 is 0 Å². The van der Waals surface area contributed by atoms with Gasteiger partial charge in [-0.2, -0.15) is 4.79 Å². The first kappa shape index (κ1) is 5.30. The SMILES string of the molecule is Cn1cnn(N)c1=S.